The Balaban J connectivity index is 2.15. The fourth-order valence-corrected chi connectivity index (χ4v) is 7.73. The lowest BCUT2D eigenvalue weighted by Crippen LogP contribution is -2.34. The first-order valence-electron chi connectivity index (χ1n) is 21.7. The average Bonchev–Trinajstić information content (AvgIpc) is 3.15. The highest BCUT2D eigenvalue weighted by Crippen LogP contribution is 2.41. The molecule has 18 heteroatoms. The van der Waals surface area contributed by atoms with Gasteiger partial charge >= 0.3 is 12.2 Å². The van der Waals surface area contributed by atoms with E-state index in [-0.39, 0.29) is 53.8 Å². The Morgan fingerprint density at radius 2 is 0.909 bits per heavy atom. The van der Waals surface area contributed by atoms with Crippen LogP contribution in [-0.4, -0.2) is 84.8 Å². The number of nitrogens with one attached hydrogen (secondary N) is 6. The van der Waals surface area contributed by atoms with Crippen LogP contribution in [0.2, 0.25) is 0 Å². The standard InChI is InChI=1S/C48H69N7O9S2/c1-28(56)52-35-24-32(45(3,4)5)26-37(39(35)65-19-15-49)54-41(58)30-21-31(23-34(22-30)62-18-16-50-43(60)63-47(9,10)11)42(59)55-38-27-33(46(6,7)8)25-36(53-29(2)57)40(38)66-20-17-51-44(61)64-48(12,13)14/h21-27H,15-20,49H2,1-14H3,(H,50,60)(H,51,61)(H,52,56)(H,53,57)(H,54,58)(H,55,59). The Morgan fingerprint density at radius 1 is 0.530 bits per heavy atom. The van der Waals surface area contributed by atoms with Crippen molar-refractivity contribution in [2.24, 2.45) is 5.73 Å². The highest BCUT2D eigenvalue weighted by Gasteiger charge is 2.25. The molecule has 0 saturated carbocycles. The summed E-state index contributed by atoms with van der Waals surface area (Å²) in [6.45, 7) is 26.0. The van der Waals surface area contributed by atoms with Crippen molar-refractivity contribution in [3.63, 3.8) is 0 Å². The van der Waals surface area contributed by atoms with E-state index in [2.05, 4.69) is 31.9 Å². The molecule has 3 rings (SSSR count). The number of ether oxygens (including phenoxy) is 3. The number of anilines is 4. The maximum Gasteiger partial charge on any atom is 0.407 e. The zero-order valence-corrected chi connectivity index (χ0v) is 42.5. The van der Waals surface area contributed by atoms with Gasteiger partial charge in [0.2, 0.25) is 11.8 Å². The summed E-state index contributed by atoms with van der Waals surface area (Å²) in [6, 6.07) is 11.8. The van der Waals surface area contributed by atoms with Crippen molar-refractivity contribution in [3.8, 4) is 5.75 Å². The van der Waals surface area contributed by atoms with Crippen LogP contribution in [0, 0.1) is 0 Å². The second kappa shape index (κ2) is 23.3. The molecule has 8 N–H and O–H groups in total. The average molecular weight is 952 g/mol. The zero-order valence-electron chi connectivity index (χ0n) is 40.9. The third kappa shape index (κ3) is 18.4. The van der Waals surface area contributed by atoms with Crippen LogP contribution in [0.4, 0.5) is 32.3 Å². The van der Waals surface area contributed by atoms with Crippen LogP contribution >= 0.6 is 23.5 Å². The summed E-state index contributed by atoms with van der Waals surface area (Å²) in [7, 11) is 0. The monoisotopic (exact) mass is 951 g/mol. The zero-order chi connectivity index (χ0) is 49.8. The van der Waals surface area contributed by atoms with Gasteiger partial charge < -0.3 is 51.8 Å². The van der Waals surface area contributed by atoms with Crippen LogP contribution in [0.5, 0.6) is 5.75 Å². The fraction of sp³-hybridized carbons (Fsp3) is 0.500. The minimum atomic E-state index is -0.711. The van der Waals surface area contributed by atoms with Gasteiger partial charge in [0.15, 0.2) is 0 Å². The molecule has 3 aromatic carbocycles. The van der Waals surface area contributed by atoms with E-state index >= 15 is 0 Å². The molecule has 0 heterocycles. The molecule has 16 nitrogen and oxygen atoms in total. The number of hydrogen-bond donors (Lipinski definition) is 7. The quantitative estimate of drug-likeness (QED) is 0.0496. The molecular formula is C48H69N7O9S2. The minimum absolute atomic E-state index is 0.0369. The van der Waals surface area contributed by atoms with Crippen LogP contribution in [0.25, 0.3) is 0 Å². The molecule has 0 bridgehead atoms. The normalized spacial score (nSPS) is 11.8. The number of carbonyl (C=O) groups excluding carboxylic acids is 6. The van der Waals surface area contributed by atoms with Gasteiger partial charge in [0.25, 0.3) is 11.8 Å². The molecule has 0 aromatic heterocycles. The first-order chi connectivity index (χ1) is 30.4. The van der Waals surface area contributed by atoms with Crippen LogP contribution in [-0.2, 0) is 29.9 Å². The maximum atomic E-state index is 14.5. The number of rotatable bonds is 17. The molecule has 0 unspecified atom stereocenters. The molecule has 0 radical (unpaired) electrons. The lowest BCUT2D eigenvalue weighted by atomic mass is 9.86. The lowest BCUT2D eigenvalue weighted by Gasteiger charge is -2.25. The van der Waals surface area contributed by atoms with E-state index in [0.29, 0.717) is 50.6 Å². The summed E-state index contributed by atoms with van der Waals surface area (Å²) >= 11 is 2.69. The molecule has 6 amide bonds. The van der Waals surface area contributed by atoms with Crippen molar-refractivity contribution < 1.29 is 43.0 Å². The SMILES string of the molecule is CC(=O)Nc1cc(C(C)(C)C)cc(NC(=O)c2cc(OCCNC(=O)OC(C)(C)C)cc(C(=O)Nc3cc(C(C)(C)C)cc(NC(C)=O)c3SCCNC(=O)OC(C)(C)C)c2)c1SCCN. The van der Waals surface area contributed by atoms with E-state index in [9.17, 15) is 28.8 Å². The number of hydrogen-bond acceptors (Lipinski definition) is 12. The maximum absolute atomic E-state index is 14.5. The van der Waals surface area contributed by atoms with Crippen LogP contribution in [0.15, 0.2) is 52.3 Å². The molecule has 3 aromatic rings. The number of thioether (sulfide) groups is 2. The molecule has 0 atom stereocenters. The second-order valence-corrected chi connectivity index (χ2v) is 21.7. The first-order valence-corrected chi connectivity index (χ1v) is 23.6. The molecule has 0 aliphatic heterocycles. The van der Waals surface area contributed by atoms with E-state index in [4.69, 9.17) is 19.9 Å². The van der Waals surface area contributed by atoms with Gasteiger partial charge in [-0.05, 0) is 106 Å². The van der Waals surface area contributed by atoms with Crippen molar-refractivity contribution >= 4 is 82.1 Å². The summed E-state index contributed by atoms with van der Waals surface area (Å²) in [5.74, 6) is -0.787. The summed E-state index contributed by atoms with van der Waals surface area (Å²) in [5, 5.41) is 17.2. The van der Waals surface area contributed by atoms with Gasteiger partial charge in [-0.2, -0.15) is 0 Å². The van der Waals surface area contributed by atoms with E-state index in [1.807, 2.05) is 65.8 Å². The smallest absolute Gasteiger partial charge is 0.407 e. The summed E-state index contributed by atoms with van der Waals surface area (Å²) in [6.07, 6.45) is -1.21. The molecule has 0 aliphatic carbocycles. The molecule has 0 saturated heterocycles. The third-order valence-electron chi connectivity index (χ3n) is 8.88. The molecule has 0 fully saturated rings. The Morgan fingerprint density at radius 3 is 1.27 bits per heavy atom. The minimum Gasteiger partial charge on any atom is -0.492 e. The predicted octanol–water partition coefficient (Wildman–Crippen LogP) is 9.27. The number of carbonyl (C=O) groups is 6. The summed E-state index contributed by atoms with van der Waals surface area (Å²) in [4.78, 5) is 79.7. The van der Waals surface area contributed by atoms with Crippen LogP contribution < -0.4 is 42.4 Å². The number of alkyl carbamates (subject to hydrolysis) is 2. The van der Waals surface area contributed by atoms with Crippen LogP contribution in [0.3, 0.4) is 0 Å². The van der Waals surface area contributed by atoms with E-state index in [1.54, 1.807) is 41.5 Å². The number of nitrogens with two attached hydrogens (primary N) is 1. The molecule has 66 heavy (non-hydrogen) atoms. The van der Waals surface area contributed by atoms with E-state index < -0.39 is 40.6 Å². The largest absolute Gasteiger partial charge is 0.492 e. The molecule has 0 spiro atoms. The Bertz CT molecular complexity index is 2260. The molecule has 0 aliphatic rings. The van der Waals surface area contributed by atoms with E-state index in [1.165, 1.54) is 55.6 Å². The van der Waals surface area contributed by atoms with Gasteiger partial charge in [-0.25, -0.2) is 9.59 Å². The Kier molecular flexibility index (Phi) is 19.4. The van der Waals surface area contributed by atoms with Gasteiger partial charge in [-0.1, -0.05) is 41.5 Å². The highest BCUT2D eigenvalue weighted by molar-refractivity contribution is 7.99. The molecule has 362 valence electrons. The Labute approximate surface area is 398 Å². The second-order valence-electron chi connectivity index (χ2n) is 19.5. The van der Waals surface area contributed by atoms with Gasteiger partial charge in [0.05, 0.1) is 39.1 Å². The number of amides is 6. The highest BCUT2D eigenvalue weighted by atomic mass is 32.2. The van der Waals surface area contributed by atoms with Gasteiger partial charge in [-0.3, -0.25) is 19.2 Å². The fourth-order valence-electron chi connectivity index (χ4n) is 5.94. The van der Waals surface area contributed by atoms with Crippen molar-refractivity contribution in [1.82, 2.24) is 10.6 Å². The Hall–Kier alpha value is -5.46. The van der Waals surface area contributed by atoms with Gasteiger partial charge in [0, 0.05) is 49.6 Å². The molecular weight excluding hydrogens is 883 g/mol. The third-order valence-corrected chi connectivity index (χ3v) is 11.2. The van der Waals surface area contributed by atoms with Crippen molar-refractivity contribution in [2.75, 3.05) is 59.0 Å². The summed E-state index contributed by atoms with van der Waals surface area (Å²) in [5.41, 5.74) is 7.29. The van der Waals surface area contributed by atoms with Crippen molar-refractivity contribution in [2.45, 2.75) is 129 Å². The van der Waals surface area contributed by atoms with Crippen LogP contribution in [0.1, 0.15) is 129 Å². The van der Waals surface area contributed by atoms with Gasteiger partial charge in [-0.15, -0.1) is 23.5 Å². The first kappa shape index (κ1) is 54.9. The van der Waals surface area contributed by atoms with Crippen molar-refractivity contribution in [3.05, 3.63) is 64.7 Å². The topological polar surface area (TPSA) is 228 Å². The van der Waals surface area contributed by atoms with Crippen molar-refractivity contribution in [1.29, 1.82) is 0 Å². The number of benzene rings is 3. The predicted molar refractivity (Wildman–Crippen MR) is 266 cm³/mol. The van der Waals surface area contributed by atoms with Gasteiger partial charge in [0.1, 0.15) is 23.6 Å². The van der Waals surface area contributed by atoms with E-state index in [0.717, 1.165) is 11.1 Å². The summed E-state index contributed by atoms with van der Waals surface area (Å²) < 4.78 is 16.8. The lowest BCUT2D eigenvalue weighted by molar-refractivity contribution is -0.115.